The van der Waals surface area contributed by atoms with Gasteiger partial charge < -0.3 is 5.32 Å². The summed E-state index contributed by atoms with van der Waals surface area (Å²) in [4.78, 5) is 28.9. The van der Waals surface area contributed by atoms with E-state index < -0.39 is 0 Å². The molecule has 1 N–H and O–H groups in total. The van der Waals surface area contributed by atoms with Crippen LogP contribution < -0.4 is 5.32 Å². The molecule has 2 heterocycles. The summed E-state index contributed by atoms with van der Waals surface area (Å²) in [5.74, 6) is -0.267. The number of fused-ring (bicyclic) bond motifs is 1. The summed E-state index contributed by atoms with van der Waals surface area (Å²) in [6, 6.07) is 12.8. The summed E-state index contributed by atoms with van der Waals surface area (Å²) >= 11 is 1.19. The lowest BCUT2D eigenvalue weighted by molar-refractivity contribution is 0.101. The molecule has 21 heavy (non-hydrogen) atoms. The van der Waals surface area contributed by atoms with Crippen LogP contribution in [0.3, 0.4) is 0 Å². The number of carbonyl (C=O) groups is 2. The van der Waals surface area contributed by atoms with E-state index in [0.29, 0.717) is 15.4 Å². The normalized spacial score (nSPS) is 10.5. The highest BCUT2D eigenvalue weighted by Crippen LogP contribution is 2.23. The number of aromatic nitrogens is 1. The Bertz CT molecular complexity index is 834. The van der Waals surface area contributed by atoms with Gasteiger partial charge in [-0.1, -0.05) is 18.2 Å². The molecule has 0 aliphatic heterocycles. The average molecular weight is 296 g/mol. The second-order valence-electron chi connectivity index (χ2n) is 4.55. The van der Waals surface area contributed by atoms with Crippen LogP contribution in [0.2, 0.25) is 0 Å². The minimum atomic E-state index is -0.231. The van der Waals surface area contributed by atoms with Gasteiger partial charge in [0, 0.05) is 11.6 Å². The number of Topliss-reactive ketones (excluding diaryl/α,β-unsaturated/α-hetero) is 1. The van der Waals surface area contributed by atoms with Gasteiger partial charge in [0.15, 0.2) is 5.78 Å². The molecule has 0 saturated carbocycles. The molecule has 0 bridgehead atoms. The number of thiophene rings is 1. The number of pyridine rings is 1. The Balaban J connectivity index is 1.91. The molecule has 0 fully saturated rings. The first-order valence-electron chi connectivity index (χ1n) is 6.41. The minimum absolute atomic E-state index is 0.0362. The lowest BCUT2D eigenvalue weighted by atomic mass is 10.2. The molecule has 2 aromatic heterocycles. The first-order valence-corrected chi connectivity index (χ1v) is 7.22. The number of hydrogen-bond donors (Lipinski definition) is 1. The van der Waals surface area contributed by atoms with Gasteiger partial charge in [-0.2, -0.15) is 0 Å². The van der Waals surface area contributed by atoms with Crippen LogP contribution in [0.1, 0.15) is 26.3 Å². The van der Waals surface area contributed by atoms with Crippen LogP contribution in [0.25, 0.3) is 10.9 Å². The third-order valence-corrected chi connectivity index (χ3v) is 4.24. The fourth-order valence-electron chi connectivity index (χ4n) is 2.04. The first-order chi connectivity index (χ1) is 10.1. The van der Waals surface area contributed by atoms with E-state index in [2.05, 4.69) is 10.3 Å². The zero-order chi connectivity index (χ0) is 14.8. The number of amides is 1. The van der Waals surface area contributed by atoms with Crippen LogP contribution >= 0.6 is 11.3 Å². The second kappa shape index (κ2) is 5.46. The molecule has 4 nitrogen and oxygen atoms in total. The molecule has 104 valence electrons. The van der Waals surface area contributed by atoms with E-state index in [0.717, 1.165) is 10.9 Å². The molecule has 0 saturated heterocycles. The van der Waals surface area contributed by atoms with Gasteiger partial charge in [-0.25, -0.2) is 0 Å². The average Bonchev–Trinajstić information content (AvgIpc) is 2.98. The van der Waals surface area contributed by atoms with E-state index >= 15 is 0 Å². The van der Waals surface area contributed by atoms with Gasteiger partial charge >= 0.3 is 0 Å². The van der Waals surface area contributed by atoms with Crippen LogP contribution in [0, 0.1) is 0 Å². The Labute approximate surface area is 125 Å². The highest BCUT2D eigenvalue weighted by Gasteiger charge is 2.13. The summed E-state index contributed by atoms with van der Waals surface area (Å²) in [6.07, 6.45) is 1.69. The molecule has 5 heteroatoms. The van der Waals surface area contributed by atoms with Crippen LogP contribution in [-0.2, 0) is 0 Å². The van der Waals surface area contributed by atoms with Crippen LogP contribution in [0.5, 0.6) is 0 Å². The maximum Gasteiger partial charge on any atom is 0.265 e. The van der Waals surface area contributed by atoms with Crippen molar-refractivity contribution in [2.24, 2.45) is 0 Å². The van der Waals surface area contributed by atoms with Crippen molar-refractivity contribution >= 4 is 39.6 Å². The quantitative estimate of drug-likeness (QED) is 0.749. The Morgan fingerprint density at radius 2 is 1.81 bits per heavy atom. The van der Waals surface area contributed by atoms with Gasteiger partial charge in [0.25, 0.3) is 5.91 Å². The lowest BCUT2D eigenvalue weighted by Gasteiger charge is -2.06. The molecule has 0 aliphatic carbocycles. The molecule has 3 rings (SSSR count). The van der Waals surface area contributed by atoms with Gasteiger partial charge in [0.1, 0.15) is 0 Å². The number of ketones is 1. The zero-order valence-corrected chi connectivity index (χ0v) is 12.1. The Hall–Kier alpha value is -2.53. The fourth-order valence-corrected chi connectivity index (χ4v) is 2.83. The van der Waals surface area contributed by atoms with Crippen molar-refractivity contribution in [3.8, 4) is 0 Å². The van der Waals surface area contributed by atoms with Crippen molar-refractivity contribution in [2.45, 2.75) is 6.92 Å². The summed E-state index contributed by atoms with van der Waals surface area (Å²) in [6.45, 7) is 1.49. The number of nitrogens with one attached hydrogen (secondary N) is 1. The monoisotopic (exact) mass is 296 g/mol. The van der Waals surface area contributed by atoms with E-state index in [1.807, 2.05) is 30.3 Å². The zero-order valence-electron chi connectivity index (χ0n) is 11.3. The number of benzene rings is 1. The van der Waals surface area contributed by atoms with E-state index in [9.17, 15) is 9.59 Å². The second-order valence-corrected chi connectivity index (χ2v) is 5.64. The number of hydrogen-bond acceptors (Lipinski definition) is 4. The molecule has 0 unspecified atom stereocenters. The third-order valence-electron chi connectivity index (χ3n) is 3.06. The predicted octanol–water partition coefficient (Wildman–Crippen LogP) is 3.75. The first kappa shape index (κ1) is 13.5. The van der Waals surface area contributed by atoms with Crippen molar-refractivity contribution < 1.29 is 9.59 Å². The predicted molar refractivity (Wildman–Crippen MR) is 84.0 cm³/mol. The van der Waals surface area contributed by atoms with Crippen LogP contribution in [0.4, 0.5) is 5.69 Å². The van der Waals surface area contributed by atoms with Crippen molar-refractivity contribution in [3.63, 3.8) is 0 Å². The number of rotatable bonds is 3. The molecule has 1 amide bonds. The van der Waals surface area contributed by atoms with Gasteiger partial charge in [-0.15, -0.1) is 11.3 Å². The van der Waals surface area contributed by atoms with Crippen LogP contribution in [-0.4, -0.2) is 16.7 Å². The van der Waals surface area contributed by atoms with Crippen molar-refractivity contribution in [1.82, 2.24) is 4.98 Å². The highest BCUT2D eigenvalue weighted by molar-refractivity contribution is 7.16. The topological polar surface area (TPSA) is 59.1 Å². The van der Waals surface area contributed by atoms with E-state index in [-0.39, 0.29) is 11.7 Å². The van der Waals surface area contributed by atoms with Gasteiger partial charge in [0.2, 0.25) is 0 Å². The Morgan fingerprint density at radius 1 is 1.05 bits per heavy atom. The molecular weight excluding hydrogens is 284 g/mol. The molecule has 0 spiro atoms. The van der Waals surface area contributed by atoms with E-state index in [1.54, 1.807) is 18.3 Å². The number of para-hydroxylation sites is 1. The smallest absolute Gasteiger partial charge is 0.265 e. The highest BCUT2D eigenvalue weighted by atomic mass is 32.1. The molecule has 0 aliphatic rings. The summed E-state index contributed by atoms with van der Waals surface area (Å²) < 4.78 is 0. The number of anilines is 1. The number of nitrogens with zero attached hydrogens (tertiary/aromatic N) is 1. The van der Waals surface area contributed by atoms with Crippen molar-refractivity contribution in [1.29, 1.82) is 0 Å². The van der Waals surface area contributed by atoms with E-state index in [4.69, 9.17) is 0 Å². The lowest BCUT2D eigenvalue weighted by Crippen LogP contribution is -2.10. The van der Waals surface area contributed by atoms with Gasteiger partial charge in [0.05, 0.1) is 21.0 Å². The van der Waals surface area contributed by atoms with Crippen LogP contribution in [0.15, 0.2) is 48.7 Å². The molecule has 3 aromatic rings. The summed E-state index contributed by atoms with van der Waals surface area (Å²) in [5, 5.41) is 3.81. The summed E-state index contributed by atoms with van der Waals surface area (Å²) in [7, 11) is 0. The van der Waals surface area contributed by atoms with E-state index in [1.165, 1.54) is 18.3 Å². The molecular formula is C16H12N2O2S. The standard InChI is InChI=1S/C16H12N2O2S/c1-10(19)13-7-8-14(21-13)16(20)18-12-6-2-4-11-5-3-9-17-15(11)12/h2-9H,1H3,(H,18,20). The van der Waals surface area contributed by atoms with Crippen molar-refractivity contribution in [2.75, 3.05) is 5.32 Å². The van der Waals surface area contributed by atoms with Gasteiger partial charge in [-0.3, -0.25) is 14.6 Å². The minimum Gasteiger partial charge on any atom is -0.319 e. The van der Waals surface area contributed by atoms with Gasteiger partial charge in [-0.05, 0) is 31.2 Å². The fraction of sp³-hybridized carbons (Fsp3) is 0.0625. The Morgan fingerprint density at radius 3 is 2.57 bits per heavy atom. The Kier molecular flexibility index (Phi) is 3.50. The maximum absolute atomic E-state index is 12.3. The largest absolute Gasteiger partial charge is 0.319 e. The SMILES string of the molecule is CC(=O)c1ccc(C(=O)Nc2cccc3cccnc23)s1. The molecule has 0 radical (unpaired) electrons. The number of carbonyl (C=O) groups excluding carboxylic acids is 2. The summed E-state index contributed by atoms with van der Waals surface area (Å²) in [5.41, 5.74) is 1.41. The molecule has 0 atom stereocenters. The third kappa shape index (κ3) is 2.68. The molecule has 1 aromatic carbocycles. The van der Waals surface area contributed by atoms with Crippen molar-refractivity contribution in [3.05, 3.63) is 58.4 Å². The maximum atomic E-state index is 12.3.